The van der Waals surface area contributed by atoms with Gasteiger partial charge in [0.05, 0.1) is 10.4 Å². The van der Waals surface area contributed by atoms with Crippen LogP contribution < -0.4 is 31.1 Å². The second-order valence-electron chi connectivity index (χ2n) is 12.1. The van der Waals surface area contributed by atoms with E-state index in [1.165, 1.54) is 11.1 Å². The first-order valence-corrected chi connectivity index (χ1v) is 14.4. The predicted molar refractivity (Wildman–Crippen MR) is 160 cm³/mol. The molecule has 38 heavy (non-hydrogen) atoms. The largest absolute Gasteiger partial charge is 0.340 e. The van der Waals surface area contributed by atoms with Crippen molar-refractivity contribution in [1.29, 1.82) is 0 Å². The number of benzene rings is 2. The number of hydrogen-bond acceptors (Lipinski definition) is 4. The summed E-state index contributed by atoms with van der Waals surface area (Å²) in [6.07, 6.45) is 3.77. The number of fused-ring (bicyclic) bond motifs is 2. The predicted octanol–water partition coefficient (Wildman–Crippen LogP) is 5.47. The first-order chi connectivity index (χ1) is 18.1. The van der Waals surface area contributed by atoms with Gasteiger partial charge in [-0.05, 0) is 48.9 Å². The SMILES string of the molecule is CCC(CC)N1C(=c2c(=O)c(=C3N(C(CC)CC)c4ccccc4C3(C)C)c2=O)C(C)(C)c2ccccc21. The first-order valence-electron chi connectivity index (χ1n) is 14.4. The zero-order valence-electron chi connectivity index (χ0n) is 24.3. The maximum atomic E-state index is 14.3. The summed E-state index contributed by atoms with van der Waals surface area (Å²) in [4.78, 5) is 33.3. The second-order valence-corrected chi connectivity index (χ2v) is 12.1. The van der Waals surface area contributed by atoms with Crippen LogP contribution in [0, 0.1) is 0 Å². The Morgan fingerprint density at radius 1 is 0.579 bits per heavy atom. The number of rotatable bonds is 6. The molecule has 0 fully saturated rings. The molecule has 200 valence electrons. The van der Waals surface area contributed by atoms with Gasteiger partial charge in [-0.2, -0.15) is 0 Å². The third-order valence-corrected chi connectivity index (χ3v) is 9.34. The van der Waals surface area contributed by atoms with Crippen LogP contribution >= 0.6 is 0 Å². The standard InChI is InChI=1S/C34H42N2O2/c1-9-21(10-2)35-25-19-15-13-17-23(25)33(5,6)31(35)27-29(37)28(30(27)38)32-34(7,8)24-18-14-16-20-26(24)36(32)22(11-3)12-4/h13-22H,9-12H2,1-8H3. The highest BCUT2D eigenvalue weighted by Crippen LogP contribution is 2.51. The monoisotopic (exact) mass is 510 g/mol. The summed E-state index contributed by atoms with van der Waals surface area (Å²) >= 11 is 0. The maximum absolute atomic E-state index is 14.3. The molecule has 0 aromatic heterocycles. The molecule has 3 aromatic carbocycles. The van der Waals surface area contributed by atoms with Crippen LogP contribution in [0.3, 0.4) is 0 Å². The Morgan fingerprint density at radius 3 is 1.21 bits per heavy atom. The molecule has 0 atom stereocenters. The van der Waals surface area contributed by atoms with Crippen LogP contribution in [0.5, 0.6) is 0 Å². The number of para-hydroxylation sites is 2. The highest BCUT2D eigenvalue weighted by atomic mass is 16.1. The Hall–Kier alpha value is -3.14. The molecular weight excluding hydrogens is 468 g/mol. The molecule has 2 aliphatic heterocycles. The summed E-state index contributed by atoms with van der Waals surface area (Å²) in [5, 5.41) is 0.772. The quantitative estimate of drug-likeness (QED) is 0.441. The van der Waals surface area contributed by atoms with E-state index in [-0.39, 0.29) is 22.9 Å². The van der Waals surface area contributed by atoms with Gasteiger partial charge in [-0.1, -0.05) is 91.8 Å². The summed E-state index contributed by atoms with van der Waals surface area (Å²) in [5.41, 5.74) is 5.35. The Bertz CT molecular complexity index is 1430. The fourth-order valence-electron chi connectivity index (χ4n) is 7.28. The summed E-state index contributed by atoms with van der Waals surface area (Å²) in [6.45, 7) is 17.4. The van der Waals surface area contributed by atoms with E-state index >= 15 is 0 Å². The molecule has 0 unspecified atom stereocenters. The van der Waals surface area contributed by atoms with Crippen LogP contribution in [0.4, 0.5) is 11.4 Å². The highest BCUT2D eigenvalue weighted by Gasteiger charge is 2.47. The minimum Gasteiger partial charge on any atom is -0.340 e. The Balaban J connectivity index is 1.88. The molecule has 0 N–H and O–H groups in total. The topological polar surface area (TPSA) is 40.6 Å². The van der Waals surface area contributed by atoms with Gasteiger partial charge in [0.2, 0.25) is 10.9 Å². The molecule has 0 spiro atoms. The lowest BCUT2D eigenvalue weighted by atomic mass is 9.80. The second kappa shape index (κ2) is 9.25. The van der Waals surface area contributed by atoms with Crippen molar-refractivity contribution in [2.24, 2.45) is 0 Å². The molecule has 5 rings (SSSR count). The highest BCUT2D eigenvalue weighted by molar-refractivity contribution is 5.89. The Kier molecular flexibility index (Phi) is 6.44. The van der Waals surface area contributed by atoms with Gasteiger partial charge in [-0.15, -0.1) is 0 Å². The number of nitrogens with zero attached hydrogens (tertiary/aromatic N) is 2. The van der Waals surface area contributed by atoms with E-state index in [4.69, 9.17) is 0 Å². The van der Waals surface area contributed by atoms with E-state index in [0.29, 0.717) is 10.4 Å². The van der Waals surface area contributed by atoms with Gasteiger partial charge in [-0.3, -0.25) is 9.59 Å². The van der Waals surface area contributed by atoms with E-state index in [9.17, 15) is 9.59 Å². The van der Waals surface area contributed by atoms with Crippen LogP contribution in [-0.4, -0.2) is 12.1 Å². The summed E-state index contributed by atoms with van der Waals surface area (Å²) in [5.74, 6) is 0. The molecule has 2 aliphatic rings. The van der Waals surface area contributed by atoms with E-state index in [2.05, 4.69) is 114 Å². The van der Waals surface area contributed by atoms with Crippen LogP contribution in [0.25, 0.3) is 11.4 Å². The molecule has 2 heterocycles. The third-order valence-electron chi connectivity index (χ3n) is 9.34. The molecule has 0 saturated carbocycles. The van der Waals surface area contributed by atoms with E-state index < -0.39 is 10.8 Å². The van der Waals surface area contributed by atoms with Crippen molar-refractivity contribution >= 4 is 22.8 Å². The zero-order chi connectivity index (χ0) is 27.6. The van der Waals surface area contributed by atoms with Crippen LogP contribution in [0.15, 0.2) is 58.1 Å². The van der Waals surface area contributed by atoms with E-state index in [1.807, 2.05) is 0 Å². The van der Waals surface area contributed by atoms with Crippen molar-refractivity contribution in [3.05, 3.63) is 90.5 Å². The summed E-state index contributed by atoms with van der Waals surface area (Å²) in [6, 6.07) is 17.3. The van der Waals surface area contributed by atoms with Crippen molar-refractivity contribution < 1.29 is 0 Å². The molecule has 3 aromatic rings. The van der Waals surface area contributed by atoms with Crippen molar-refractivity contribution in [3.8, 4) is 0 Å². The van der Waals surface area contributed by atoms with Crippen LogP contribution in [-0.2, 0) is 10.8 Å². The zero-order valence-corrected chi connectivity index (χ0v) is 24.3. The molecule has 4 nitrogen and oxygen atoms in total. The molecule has 0 aliphatic carbocycles. The summed E-state index contributed by atoms with van der Waals surface area (Å²) < 4.78 is 0. The molecule has 4 heteroatoms. The van der Waals surface area contributed by atoms with E-state index in [1.54, 1.807) is 0 Å². The molecule has 0 saturated heterocycles. The fraction of sp³-hybridized carbons (Fsp3) is 0.471. The molecular formula is C34H42N2O2. The lowest BCUT2D eigenvalue weighted by Gasteiger charge is -2.35. The summed E-state index contributed by atoms with van der Waals surface area (Å²) in [7, 11) is 0. The van der Waals surface area contributed by atoms with Gasteiger partial charge in [0.25, 0.3) is 0 Å². The number of hydrogen-bond donors (Lipinski definition) is 0. The van der Waals surface area contributed by atoms with Crippen LogP contribution in [0.2, 0.25) is 0 Å². The lowest BCUT2D eigenvalue weighted by Crippen LogP contribution is -2.69. The minimum atomic E-state index is -0.431. The van der Waals surface area contributed by atoms with Gasteiger partial charge in [0.1, 0.15) is 0 Å². The molecule has 0 bridgehead atoms. The van der Waals surface area contributed by atoms with Gasteiger partial charge in [-0.25, -0.2) is 0 Å². The average molecular weight is 511 g/mol. The Labute approximate surface area is 227 Å². The van der Waals surface area contributed by atoms with Gasteiger partial charge < -0.3 is 9.80 Å². The smallest absolute Gasteiger partial charge is 0.204 e. The average Bonchev–Trinajstić information content (AvgIpc) is 3.27. The Morgan fingerprint density at radius 2 is 0.895 bits per heavy atom. The van der Waals surface area contributed by atoms with Crippen molar-refractivity contribution in [3.63, 3.8) is 0 Å². The molecule has 0 amide bonds. The normalized spacial score (nSPS) is 17.7. The number of anilines is 2. The van der Waals surface area contributed by atoms with Crippen molar-refractivity contribution in [2.75, 3.05) is 9.80 Å². The fourth-order valence-corrected chi connectivity index (χ4v) is 7.28. The van der Waals surface area contributed by atoms with Crippen molar-refractivity contribution in [1.82, 2.24) is 0 Å². The minimum absolute atomic E-state index is 0.0892. The van der Waals surface area contributed by atoms with Gasteiger partial charge in [0.15, 0.2) is 0 Å². The van der Waals surface area contributed by atoms with Gasteiger partial charge >= 0.3 is 0 Å². The van der Waals surface area contributed by atoms with Gasteiger partial charge in [0, 0.05) is 45.7 Å². The van der Waals surface area contributed by atoms with Crippen LogP contribution in [0.1, 0.15) is 92.2 Å². The third kappa shape index (κ3) is 3.41. The first kappa shape index (κ1) is 26.5. The van der Waals surface area contributed by atoms with E-state index in [0.717, 1.165) is 48.5 Å². The van der Waals surface area contributed by atoms with Crippen molar-refractivity contribution in [2.45, 2.75) is 104 Å². The molecule has 0 radical (unpaired) electrons. The lowest BCUT2D eigenvalue weighted by molar-refractivity contribution is 0.593. The maximum Gasteiger partial charge on any atom is 0.204 e.